The summed E-state index contributed by atoms with van der Waals surface area (Å²) < 4.78 is 23.4. The van der Waals surface area contributed by atoms with Gasteiger partial charge in [0.2, 0.25) is 5.91 Å². The molecule has 1 heterocycles. The van der Waals surface area contributed by atoms with Crippen molar-refractivity contribution < 1.29 is 13.2 Å². The second kappa shape index (κ2) is 5.56. The van der Waals surface area contributed by atoms with Crippen molar-refractivity contribution in [3.8, 4) is 0 Å². The minimum Gasteiger partial charge on any atom is -0.308 e. The van der Waals surface area contributed by atoms with E-state index in [0.29, 0.717) is 12.8 Å². The summed E-state index contributed by atoms with van der Waals surface area (Å²) in [4.78, 5) is 14.0. The third-order valence-electron chi connectivity index (χ3n) is 3.76. The number of amides is 1. The van der Waals surface area contributed by atoms with Crippen LogP contribution < -0.4 is 4.90 Å². The maximum absolute atomic E-state index is 12.3. The van der Waals surface area contributed by atoms with Crippen molar-refractivity contribution in [2.45, 2.75) is 39.7 Å². The summed E-state index contributed by atoms with van der Waals surface area (Å²) in [6, 6.07) is 5.67. The lowest BCUT2D eigenvalue weighted by Crippen LogP contribution is -2.41. The molecule has 1 fully saturated rings. The largest absolute Gasteiger partial charge is 0.308 e. The van der Waals surface area contributed by atoms with Gasteiger partial charge in [-0.3, -0.25) is 4.79 Å². The van der Waals surface area contributed by atoms with E-state index < -0.39 is 9.84 Å². The van der Waals surface area contributed by atoms with Crippen LogP contribution in [0.3, 0.4) is 0 Å². The fourth-order valence-electron chi connectivity index (χ4n) is 2.76. The minimum absolute atomic E-state index is 0.0148. The molecule has 0 aliphatic carbocycles. The molecular weight excluding hydrogens is 274 g/mol. The van der Waals surface area contributed by atoms with Crippen LogP contribution in [0.15, 0.2) is 18.2 Å². The molecule has 20 heavy (non-hydrogen) atoms. The smallest absolute Gasteiger partial charge is 0.226 e. The van der Waals surface area contributed by atoms with E-state index >= 15 is 0 Å². The van der Waals surface area contributed by atoms with E-state index in [1.165, 1.54) is 0 Å². The summed E-state index contributed by atoms with van der Waals surface area (Å²) in [6.07, 6.45) is 0.908. The van der Waals surface area contributed by atoms with Crippen molar-refractivity contribution >= 4 is 21.4 Å². The summed E-state index contributed by atoms with van der Waals surface area (Å²) in [7, 11) is -3.01. The lowest BCUT2D eigenvalue weighted by molar-refractivity contribution is -0.118. The first kappa shape index (κ1) is 15.0. The van der Waals surface area contributed by atoms with E-state index in [2.05, 4.69) is 0 Å². The highest BCUT2D eigenvalue weighted by atomic mass is 32.2. The van der Waals surface area contributed by atoms with Crippen LogP contribution >= 0.6 is 0 Å². The fourth-order valence-corrected chi connectivity index (χ4v) is 4.46. The molecule has 1 saturated heterocycles. The van der Waals surface area contributed by atoms with Crippen LogP contribution in [0.4, 0.5) is 5.69 Å². The maximum Gasteiger partial charge on any atom is 0.226 e. The number of carbonyl (C=O) groups is 1. The van der Waals surface area contributed by atoms with Gasteiger partial charge in [0.05, 0.1) is 17.5 Å². The Morgan fingerprint density at radius 2 is 2.05 bits per heavy atom. The number of sulfone groups is 1. The predicted octanol–water partition coefficient (Wildman–Crippen LogP) is 2.23. The van der Waals surface area contributed by atoms with Crippen molar-refractivity contribution in [3.05, 3.63) is 29.3 Å². The average molecular weight is 295 g/mol. The Balaban J connectivity index is 2.40. The number of aryl methyl sites for hydroxylation is 2. The van der Waals surface area contributed by atoms with Crippen LogP contribution in [0.2, 0.25) is 0 Å². The number of hydrogen-bond acceptors (Lipinski definition) is 3. The number of rotatable bonds is 3. The highest BCUT2D eigenvalue weighted by Gasteiger charge is 2.35. The Morgan fingerprint density at radius 1 is 1.35 bits per heavy atom. The maximum atomic E-state index is 12.3. The molecule has 0 saturated carbocycles. The molecule has 110 valence electrons. The third kappa shape index (κ3) is 3.03. The van der Waals surface area contributed by atoms with Gasteiger partial charge in [0.15, 0.2) is 9.84 Å². The molecule has 1 unspecified atom stereocenters. The van der Waals surface area contributed by atoms with Crippen LogP contribution in [-0.2, 0) is 14.6 Å². The monoisotopic (exact) mass is 295 g/mol. The van der Waals surface area contributed by atoms with E-state index in [0.717, 1.165) is 16.8 Å². The first-order chi connectivity index (χ1) is 9.34. The van der Waals surface area contributed by atoms with Gasteiger partial charge >= 0.3 is 0 Å². The highest BCUT2D eigenvalue weighted by Crippen LogP contribution is 2.28. The molecule has 1 atom stereocenters. The summed E-state index contributed by atoms with van der Waals surface area (Å²) in [5.74, 6) is 0.237. The SMILES string of the molecule is CCC(=O)N(c1ccc(C)cc1C)C1CCS(=O)(=O)C1. The quantitative estimate of drug-likeness (QED) is 0.859. The molecule has 0 spiro atoms. The fraction of sp³-hybridized carbons (Fsp3) is 0.533. The van der Waals surface area contributed by atoms with E-state index in [1.807, 2.05) is 39.0 Å². The van der Waals surface area contributed by atoms with Crippen molar-refractivity contribution in [1.82, 2.24) is 0 Å². The number of benzene rings is 1. The molecule has 1 amide bonds. The Morgan fingerprint density at radius 3 is 2.55 bits per heavy atom. The van der Waals surface area contributed by atoms with Gasteiger partial charge in [-0.1, -0.05) is 24.6 Å². The standard InChI is InChI=1S/C15H21NO3S/c1-4-15(17)16(13-7-8-20(18,19)10-13)14-6-5-11(2)9-12(14)3/h5-6,9,13H,4,7-8,10H2,1-3H3. The average Bonchev–Trinajstić information content (AvgIpc) is 2.72. The van der Waals surface area contributed by atoms with Crippen molar-refractivity contribution in [1.29, 1.82) is 0 Å². The first-order valence-electron chi connectivity index (χ1n) is 6.94. The molecule has 4 nitrogen and oxygen atoms in total. The van der Waals surface area contributed by atoms with Gasteiger partial charge in [-0.2, -0.15) is 0 Å². The van der Waals surface area contributed by atoms with Crippen LogP contribution in [0.25, 0.3) is 0 Å². The number of anilines is 1. The molecule has 1 aromatic carbocycles. The molecular formula is C15H21NO3S. The number of hydrogen-bond donors (Lipinski definition) is 0. The Bertz CT molecular complexity index is 622. The summed E-state index contributed by atoms with van der Waals surface area (Å²) in [5, 5.41) is 0. The first-order valence-corrected chi connectivity index (χ1v) is 8.76. The second-order valence-corrected chi connectivity index (χ2v) is 7.69. The minimum atomic E-state index is -3.01. The van der Waals surface area contributed by atoms with Gasteiger partial charge in [-0.25, -0.2) is 8.42 Å². The van der Waals surface area contributed by atoms with Gasteiger partial charge in [-0.15, -0.1) is 0 Å². The lowest BCUT2D eigenvalue weighted by atomic mass is 10.1. The molecule has 0 radical (unpaired) electrons. The lowest BCUT2D eigenvalue weighted by Gasteiger charge is -2.29. The third-order valence-corrected chi connectivity index (χ3v) is 5.51. The zero-order valence-corrected chi connectivity index (χ0v) is 13.0. The highest BCUT2D eigenvalue weighted by molar-refractivity contribution is 7.91. The molecule has 1 aromatic rings. The van der Waals surface area contributed by atoms with E-state index in [9.17, 15) is 13.2 Å². The molecule has 5 heteroatoms. The van der Waals surface area contributed by atoms with Gasteiger partial charge < -0.3 is 4.90 Å². The molecule has 2 rings (SSSR count). The number of nitrogens with zero attached hydrogens (tertiary/aromatic N) is 1. The predicted molar refractivity (Wildman–Crippen MR) is 80.8 cm³/mol. The van der Waals surface area contributed by atoms with Crippen LogP contribution in [-0.4, -0.2) is 31.9 Å². The van der Waals surface area contributed by atoms with E-state index in [4.69, 9.17) is 0 Å². The molecule has 0 bridgehead atoms. The van der Waals surface area contributed by atoms with Crippen molar-refractivity contribution in [2.75, 3.05) is 16.4 Å². The second-order valence-electron chi connectivity index (χ2n) is 5.46. The molecule has 1 aliphatic heterocycles. The van der Waals surface area contributed by atoms with Gasteiger partial charge in [0.1, 0.15) is 0 Å². The van der Waals surface area contributed by atoms with Crippen LogP contribution in [0.1, 0.15) is 30.9 Å². The normalized spacial score (nSPS) is 20.9. The van der Waals surface area contributed by atoms with Gasteiger partial charge in [0.25, 0.3) is 0 Å². The molecule has 1 aliphatic rings. The summed E-state index contributed by atoms with van der Waals surface area (Å²) in [5.41, 5.74) is 2.98. The van der Waals surface area contributed by atoms with Crippen LogP contribution in [0.5, 0.6) is 0 Å². The topological polar surface area (TPSA) is 54.5 Å². The van der Waals surface area contributed by atoms with Gasteiger partial charge in [0, 0.05) is 12.1 Å². The summed E-state index contributed by atoms with van der Waals surface area (Å²) in [6.45, 7) is 5.77. The Labute approximate surface area is 120 Å². The van der Waals surface area contributed by atoms with Crippen molar-refractivity contribution in [2.24, 2.45) is 0 Å². The van der Waals surface area contributed by atoms with Crippen LogP contribution in [0, 0.1) is 13.8 Å². The summed E-state index contributed by atoms with van der Waals surface area (Å²) >= 11 is 0. The van der Waals surface area contributed by atoms with Crippen molar-refractivity contribution in [3.63, 3.8) is 0 Å². The molecule has 0 aromatic heterocycles. The Kier molecular flexibility index (Phi) is 4.18. The number of carbonyl (C=O) groups excluding carboxylic acids is 1. The Hall–Kier alpha value is -1.36. The zero-order valence-electron chi connectivity index (χ0n) is 12.2. The van der Waals surface area contributed by atoms with E-state index in [1.54, 1.807) is 4.90 Å². The zero-order chi connectivity index (χ0) is 14.9. The van der Waals surface area contributed by atoms with Gasteiger partial charge in [-0.05, 0) is 31.9 Å². The molecule has 0 N–H and O–H groups in total. The van der Waals surface area contributed by atoms with E-state index in [-0.39, 0.29) is 23.5 Å².